The zero-order valence-corrected chi connectivity index (χ0v) is 13.2. The molecule has 0 saturated carbocycles. The summed E-state index contributed by atoms with van der Waals surface area (Å²) >= 11 is 0. The van der Waals surface area contributed by atoms with E-state index in [0.717, 1.165) is 11.8 Å². The van der Waals surface area contributed by atoms with Gasteiger partial charge < -0.3 is 5.43 Å². The number of hydrazine groups is 1. The lowest BCUT2D eigenvalue weighted by Gasteiger charge is -2.23. The first-order valence-corrected chi connectivity index (χ1v) is 8.19. The summed E-state index contributed by atoms with van der Waals surface area (Å²) in [5.74, 6) is 5.85. The van der Waals surface area contributed by atoms with E-state index in [1.807, 2.05) is 13.8 Å². The predicted molar refractivity (Wildman–Crippen MR) is 84.3 cm³/mol. The minimum atomic E-state index is -3.49. The summed E-state index contributed by atoms with van der Waals surface area (Å²) < 4.78 is 26.5. The molecular formula is C14H20N4O2S. The number of nitrogens with two attached hydrogens (primary N) is 1. The Morgan fingerprint density at radius 2 is 2.05 bits per heavy atom. The number of nitrogen functional groups attached to an aromatic ring is 1. The average Bonchev–Trinajstić information content (AvgIpc) is 2.52. The Bertz CT molecular complexity index is 746. The van der Waals surface area contributed by atoms with Crippen molar-refractivity contribution in [3.05, 3.63) is 30.3 Å². The lowest BCUT2D eigenvalue weighted by molar-refractivity contribution is 0.380. The first-order chi connectivity index (χ1) is 9.90. The zero-order chi connectivity index (χ0) is 15.6. The van der Waals surface area contributed by atoms with Crippen molar-refractivity contribution in [2.75, 3.05) is 12.5 Å². The van der Waals surface area contributed by atoms with Crippen molar-refractivity contribution in [1.82, 2.24) is 9.29 Å². The van der Waals surface area contributed by atoms with Crippen LogP contribution in [0.2, 0.25) is 0 Å². The number of hydrogen-bond donors (Lipinski definition) is 2. The van der Waals surface area contributed by atoms with Crippen molar-refractivity contribution in [3.8, 4) is 0 Å². The molecule has 0 aliphatic heterocycles. The van der Waals surface area contributed by atoms with E-state index in [4.69, 9.17) is 5.84 Å². The van der Waals surface area contributed by atoms with Gasteiger partial charge in [-0.2, -0.15) is 4.31 Å². The van der Waals surface area contributed by atoms with Crippen LogP contribution in [0.5, 0.6) is 0 Å². The van der Waals surface area contributed by atoms with E-state index in [9.17, 15) is 8.42 Å². The van der Waals surface area contributed by atoms with Crippen LogP contribution >= 0.6 is 0 Å². The minimum absolute atomic E-state index is 0.0485. The molecule has 2 aromatic rings. The molecule has 0 amide bonds. The van der Waals surface area contributed by atoms with E-state index < -0.39 is 10.0 Å². The Balaban J connectivity index is 2.47. The molecule has 1 aromatic carbocycles. The Labute approximate surface area is 125 Å². The molecule has 1 heterocycles. The van der Waals surface area contributed by atoms with E-state index in [-0.39, 0.29) is 10.9 Å². The van der Waals surface area contributed by atoms with Gasteiger partial charge in [0.2, 0.25) is 10.0 Å². The van der Waals surface area contributed by atoms with Crippen LogP contribution in [0.4, 0.5) is 5.82 Å². The Morgan fingerprint density at radius 1 is 1.33 bits per heavy atom. The van der Waals surface area contributed by atoms with Crippen LogP contribution in [0, 0.1) is 0 Å². The molecule has 1 unspecified atom stereocenters. The van der Waals surface area contributed by atoms with E-state index in [1.54, 1.807) is 37.4 Å². The number of benzene rings is 1. The molecule has 0 fully saturated rings. The van der Waals surface area contributed by atoms with E-state index in [1.165, 1.54) is 4.31 Å². The number of rotatable bonds is 5. The highest BCUT2D eigenvalue weighted by molar-refractivity contribution is 7.89. The fourth-order valence-electron chi connectivity index (χ4n) is 2.00. The third-order valence-electron chi connectivity index (χ3n) is 3.70. The molecule has 3 N–H and O–H groups in total. The fraction of sp³-hybridized carbons (Fsp3) is 0.357. The van der Waals surface area contributed by atoms with Gasteiger partial charge in [0, 0.05) is 18.5 Å². The summed E-state index contributed by atoms with van der Waals surface area (Å²) in [6, 6.07) is 8.35. The smallest absolute Gasteiger partial charge is 0.243 e. The number of pyridine rings is 1. The Hall–Kier alpha value is -1.70. The van der Waals surface area contributed by atoms with E-state index in [0.29, 0.717) is 11.3 Å². The van der Waals surface area contributed by atoms with Crippen LogP contribution in [0.25, 0.3) is 10.9 Å². The van der Waals surface area contributed by atoms with Gasteiger partial charge in [-0.25, -0.2) is 19.2 Å². The number of anilines is 1. The van der Waals surface area contributed by atoms with Gasteiger partial charge in [-0.05, 0) is 43.7 Å². The fourth-order valence-corrected chi connectivity index (χ4v) is 3.48. The normalized spacial score (nSPS) is 13.6. The maximum Gasteiger partial charge on any atom is 0.243 e. The molecule has 6 nitrogen and oxygen atoms in total. The van der Waals surface area contributed by atoms with Crippen LogP contribution in [0.1, 0.15) is 20.3 Å². The van der Waals surface area contributed by atoms with Gasteiger partial charge in [0.05, 0.1) is 10.4 Å². The second-order valence-electron chi connectivity index (χ2n) is 4.97. The van der Waals surface area contributed by atoms with Crippen molar-refractivity contribution in [1.29, 1.82) is 0 Å². The summed E-state index contributed by atoms with van der Waals surface area (Å²) in [6.07, 6.45) is 0.760. The first-order valence-electron chi connectivity index (χ1n) is 6.75. The van der Waals surface area contributed by atoms with Crippen LogP contribution in [0.15, 0.2) is 35.2 Å². The lowest BCUT2D eigenvalue weighted by Crippen LogP contribution is -2.34. The van der Waals surface area contributed by atoms with Crippen LogP contribution in [-0.4, -0.2) is 30.8 Å². The summed E-state index contributed by atoms with van der Waals surface area (Å²) in [5, 5.41) is 0.757. The average molecular weight is 308 g/mol. The zero-order valence-electron chi connectivity index (χ0n) is 12.4. The van der Waals surface area contributed by atoms with Gasteiger partial charge in [0.25, 0.3) is 0 Å². The molecule has 0 bridgehead atoms. The highest BCUT2D eigenvalue weighted by Gasteiger charge is 2.24. The molecule has 21 heavy (non-hydrogen) atoms. The molecule has 0 saturated heterocycles. The van der Waals surface area contributed by atoms with Crippen molar-refractivity contribution in [3.63, 3.8) is 0 Å². The summed E-state index contributed by atoms with van der Waals surface area (Å²) in [4.78, 5) is 4.54. The Kier molecular flexibility index (Phi) is 4.46. The quantitative estimate of drug-likeness (QED) is 0.651. The maximum absolute atomic E-state index is 12.6. The number of hydrogen-bond acceptors (Lipinski definition) is 5. The van der Waals surface area contributed by atoms with Crippen LogP contribution < -0.4 is 11.3 Å². The molecule has 2 rings (SSSR count). The molecule has 114 valence electrons. The van der Waals surface area contributed by atoms with Crippen molar-refractivity contribution >= 4 is 26.7 Å². The van der Waals surface area contributed by atoms with Crippen LogP contribution in [0.3, 0.4) is 0 Å². The predicted octanol–water partition coefficient (Wildman–Crippen LogP) is 1.94. The topological polar surface area (TPSA) is 88.3 Å². The number of nitrogens with zero attached hydrogens (tertiary/aromatic N) is 2. The molecule has 0 radical (unpaired) electrons. The third kappa shape index (κ3) is 2.99. The van der Waals surface area contributed by atoms with Gasteiger partial charge in [-0.3, -0.25) is 0 Å². The number of fused-ring (bicyclic) bond motifs is 1. The highest BCUT2D eigenvalue weighted by Crippen LogP contribution is 2.23. The van der Waals surface area contributed by atoms with Crippen molar-refractivity contribution in [2.45, 2.75) is 31.2 Å². The van der Waals surface area contributed by atoms with Crippen molar-refractivity contribution < 1.29 is 8.42 Å². The number of aromatic nitrogens is 1. The number of nitrogens with one attached hydrogen (secondary N) is 1. The third-order valence-corrected chi connectivity index (χ3v) is 5.66. The highest BCUT2D eigenvalue weighted by atomic mass is 32.2. The largest absolute Gasteiger partial charge is 0.308 e. The maximum atomic E-state index is 12.6. The second kappa shape index (κ2) is 5.97. The van der Waals surface area contributed by atoms with Gasteiger partial charge in [0.15, 0.2) is 0 Å². The number of sulfonamides is 1. The monoisotopic (exact) mass is 308 g/mol. The van der Waals surface area contributed by atoms with Crippen molar-refractivity contribution in [2.24, 2.45) is 5.84 Å². The Morgan fingerprint density at radius 3 is 2.67 bits per heavy atom. The molecule has 0 aliphatic carbocycles. The van der Waals surface area contributed by atoms with Gasteiger partial charge in [-0.15, -0.1) is 0 Å². The standard InChI is InChI=1S/C14H20N4O2S/c1-4-10(2)18(3)21(19,20)12-6-7-13-11(9-12)5-8-14(16-13)17-15/h5-10H,4,15H2,1-3H3,(H,16,17). The summed E-state index contributed by atoms with van der Waals surface area (Å²) in [5.41, 5.74) is 3.16. The van der Waals surface area contributed by atoms with E-state index in [2.05, 4.69) is 10.4 Å². The molecule has 1 aromatic heterocycles. The lowest BCUT2D eigenvalue weighted by atomic mass is 10.2. The van der Waals surface area contributed by atoms with Gasteiger partial charge in [0.1, 0.15) is 5.82 Å². The minimum Gasteiger partial charge on any atom is -0.308 e. The SMILES string of the molecule is CCC(C)N(C)S(=O)(=O)c1ccc2nc(NN)ccc2c1. The molecule has 7 heteroatoms. The summed E-state index contributed by atoms with van der Waals surface area (Å²) in [7, 11) is -1.89. The molecular weight excluding hydrogens is 288 g/mol. The van der Waals surface area contributed by atoms with Gasteiger partial charge >= 0.3 is 0 Å². The molecule has 0 spiro atoms. The van der Waals surface area contributed by atoms with Gasteiger partial charge in [-0.1, -0.05) is 6.92 Å². The summed E-state index contributed by atoms with van der Waals surface area (Å²) in [6.45, 7) is 3.85. The van der Waals surface area contributed by atoms with E-state index >= 15 is 0 Å². The molecule has 0 aliphatic rings. The first kappa shape index (κ1) is 15.7. The van der Waals surface area contributed by atoms with Crippen LogP contribution in [-0.2, 0) is 10.0 Å². The second-order valence-corrected chi connectivity index (χ2v) is 6.97. The molecule has 1 atom stereocenters.